The Kier molecular flexibility index (Phi) is 3.17. The summed E-state index contributed by atoms with van der Waals surface area (Å²) in [5.41, 5.74) is 3.30. The summed E-state index contributed by atoms with van der Waals surface area (Å²) in [7, 11) is 0. The van der Waals surface area contributed by atoms with Gasteiger partial charge in [-0.1, -0.05) is 23.2 Å². The van der Waals surface area contributed by atoms with Gasteiger partial charge in [-0.3, -0.25) is 0 Å². The Morgan fingerprint density at radius 3 is 2.36 bits per heavy atom. The molecule has 0 atom stereocenters. The first-order valence-electron chi connectivity index (χ1n) is 6.69. The van der Waals surface area contributed by atoms with Gasteiger partial charge in [-0.05, 0) is 48.5 Å². The maximum atomic E-state index is 6.03. The first-order valence-corrected chi connectivity index (χ1v) is 7.45. The monoisotopic (exact) mass is 328 g/mol. The molecule has 0 N–H and O–H groups in total. The minimum absolute atomic E-state index is 0.504. The van der Waals surface area contributed by atoms with Crippen LogP contribution in [0.3, 0.4) is 0 Å². The van der Waals surface area contributed by atoms with Gasteiger partial charge in [0, 0.05) is 33.7 Å². The molecule has 0 saturated carbocycles. The van der Waals surface area contributed by atoms with Crippen LogP contribution in [0.1, 0.15) is 0 Å². The molecule has 0 aliphatic rings. The summed E-state index contributed by atoms with van der Waals surface area (Å²) in [4.78, 5) is 4.54. The fourth-order valence-electron chi connectivity index (χ4n) is 2.38. The Hall–Kier alpha value is -2.23. The van der Waals surface area contributed by atoms with Crippen LogP contribution < -0.4 is 0 Å². The second-order valence-electron chi connectivity index (χ2n) is 4.92. The molecule has 2 aromatic carbocycles. The molecule has 22 heavy (non-hydrogen) atoms. The van der Waals surface area contributed by atoms with Crippen LogP contribution in [0.4, 0.5) is 0 Å². The minimum atomic E-state index is 0.504. The van der Waals surface area contributed by atoms with E-state index in [1.165, 1.54) is 0 Å². The number of hydrogen-bond acceptors (Lipinski definition) is 2. The smallest absolute Gasteiger partial charge is 0.227 e. The maximum absolute atomic E-state index is 6.03. The van der Waals surface area contributed by atoms with E-state index in [9.17, 15) is 0 Å². The standard InChI is InChI=1S/C17H10Cl2N2O/c18-12-7-11(8-13(19)9-12)17-20-15-10-14(3-4-16(15)22-17)21-5-1-2-6-21/h1-10H. The Balaban J connectivity index is 1.83. The van der Waals surface area contributed by atoms with Crippen LogP contribution in [-0.4, -0.2) is 9.55 Å². The van der Waals surface area contributed by atoms with Crippen molar-refractivity contribution < 1.29 is 4.42 Å². The molecule has 2 aromatic heterocycles. The molecular weight excluding hydrogens is 319 g/mol. The number of benzene rings is 2. The lowest BCUT2D eigenvalue weighted by atomic mass is 10.2. The summed E-state index contributed by atoms with van der Waals surface area (Å²) < 4.78 is 7.82. The number of halogens is 2. The molecule has 108 valence electrons. The summed E-state index contributed by atoms with van der Waals surface area (Å²) in [5, 5.41) is 1.11. The SMILES string of the molecule is Clc1cc(Cl)cc(-c2nc3cc(-n4cccc4)ccc3o2)c1. The van der Waals surface area contributed by atoms with Gasteiger partial charge < -0.3 is 8.98 Å². The quantitative estimate of drug-likeness (QED) is 0.480. The molecule has 0 aliphatic heterocycles. The first kappa shape index (κ1) is 13.4. The average Bonchev–Trinajstić information content (AvgIpc) is 3.15. The Morgan fingerprint density at radius 2 is 1.64 bits per heavy atom. The van der Waals surface area contributed by atoms with Crippen molar-refractivity contribution in [3.63, 3.8) is 0 Å². The lowest BCUT2D eigenvalue weighted by Crippen LogP contribution is -1.88. The van der Waals surface area contributed by atoms with E-state index in [1.807, 2.05) is 47.3 Å². The predicted molar refractivity (Wildman–Crippen MR) is 88.8 cm³/mol. The first-order chi connectivity index (χ1) is 10.7. The Bertz CT molecular complexity index is 938. The van der Waals surface area contributed by atoms with E-state index in [1.54, 1.807) is 18.2 Å². The number of nitrogens with zero attached hydrogens (tertiary/aromatic N) is 2. The van der Waals surface area contributed by atoms with Crippen molar-refractivity contribution in [3.8, 4) is 17.1 Å². The fraction of sp³-hybridized carbons (Fsp3) is 0. The molecule has 0 aliphatic carbocycles. The topological polar surface area (TPSA) is 31.0 Å². The van der Waals surface area contributed by atoms with Gasteiger partial charge in [0.05, 0.1) is 0 Å². The molecule has 0 spiro atoms. The van der Waals surface area contributed by atoms with E-state index in [0.717, 1.165) is 22.4 Å². The van der Waals surface area contributed by atoms with E-state index in [-0.39, 0.29) is 0 Å². The van der Waals surface area contributed by atoms with Gasteiger partial charge in [0.2, 0.25) is 5.89 Å². The van der Waals surface area contributed by atoms with Crippen molar-refractivity contribution in [2.75, 3.05) is 0 Å². The van der Waals surface area contributed by atoms with Crippen LogP contribution in [0, 0.1) is 0 Å². The zero-order valence-electron chi connectivity index (χ0n) is 11.3. The molecule has 3 nitrogen and oxygen atoms in total. The number of aromatic nitrogens is 2. The number of rotatable bonds is 2. The molecule has 2 heterocycles. The van der Waals surface area contributed by atoms with Crippen LogP contribution in [0.15, 0.2) is 65.3 Å². The largest absolute Gasteiger partial charge is 0.436 e. The van der Waals surface area contributed by atoms with Gasteiger partial charge in [-0.25, -0.2) is 4.98 Å². The molecule has 0 unspecified atom stereocenters. The minimum Gasteiger partial charge on any atom is -0.436 e. The number of fused-ring (bicyclic) bond motifs is 1. The maximum Gasteiger partial charge on any atom is 0.227 e. The average molecular weight is 329 g/mol. The third-order valence-electron chi connectivity index (χ3n) is 3.38. The molecule has 0 bridgehead atoms. The molecular formula is C17H10Cl2N2O. The van der Waals surface area contributed by atoms with Crippen LogP contribution in [0.25, 0.3) is 28.2 Å². The number of hydrogen-bond donors (Lipinski definition) is 0. The van der Waals surface area contributed by atoms with Crippen molar-refractivity contribution in [2.45, 2.75) is 0 Å². The lowest BCUT2D eigenvalue weighted by molar-refractivity contribution is 0.620. The van der Waals surface area contributed by atoms with Crippen LogP contribution >= 0.6 is 23.2 Å². The highest BCUT2D eigenvalue weighted by Crippen LogP contribution is 2.30. The zero-order chi connectivity index (χ0) is 15.1. The molecule has 0 saturated heterocycles. The molecule has 4 aromatic rings. The summed E-state index contributed by atoms with van der Waals surface area (Å²) in [6.07, 6.45) is 3.97. The number of oxazole rings is 1. The van der Waals surface area contributed by atoms with Crippen LogP contribution in [0.2, 0.25) is 10.0 Å². The second-order valence-corrected chi connectivity index (χ2v) is 5.79. The normalized spacial score (nSPS) is 11.2. The van der Waals surface area contributed by atoms with Gasteiger partial charge in [-0.2, -0.15) is 0 Å². The second kappa shape index (κ2) is 5.20. The summed E-state index contributed by atoms with van der Waals surface area (Å²) in [6, 6.07) is 15.1. The van der Waals surface area contributed by atoms with Crippen molar-refractivity contribution in [1.29, 1.82) is 0 Å². The van der Waals surface area contributed by atoms with Gasteiger partial charge in [-0.15, -0.1) is 0 Å². The van der Waals surface area contributed by atoms with E-state index in [2.05, 4.69) is 4.98 Å². The zero-order valence-corrected chi connectivity index (χ0v) is 12.8. The van der Waals surface area contributed by atoms with E-state index >= 15 is 0 Å². The van der Waals surface area contributed by atoms with Gasteiger partial charge in [0.1, 0.15) is 5.52 Å². The van der Waals surface area contributed by atoms with Crippen LogP contribution in [-0.2, 0) is 0 Å². The van der Waals surface area contributed by atoms with E-state index < -0.39 is 0 Å². The predicted octanol–water partition coefficient (Wildman–Crippen LogP) is 5.59. The fourth-order valence-corrected chi connectivity index (χ4v) is 2.91. The molecule has 4 rings (SSSR count). The van der Waals surface area contributed by atoms with Gasteiger partial charge in [0.15, 0.2) is 5.58 Å². The Labute approximate surface area is 136 Å². The molecule has 0 amide bonds. The Morgan fingerprint density at radius 1 is 0.909 bits per heavy atom. The third kappa shape index (κ3) is 2.39. The highest BCUT2D eigenvalue weighted by Gasteiger charge is 2.10. The highest BCUT2D eigenvalue weighted by molar-refractivity contribution is 6.35. The van der Waals surface area contributed by atoms with Crippen molar-refractivity contribution in [1.82, 2.24) is 9.55 Å². The molecule has 0 fully saturated rings. The van der Waals surface area contributed by atoms with Crippen molar-refractivity contribution in [3.05, 3.63) is 71.0 Å². The van der Waals surface area contributed by atoms with Crippen molar-refractivity contribution in [2.24, 2.45) is 0 Å². The lowest BCUT2D eigenvalue weighted by Gasteiger charge is -2.00. The molecule has 5 heteroatoms. The van der Waals surface area contributed by atoms with E-state index in [4.69, 9.17) is 27.6 Å². The summed E-state index contributed by atoms with van der Waals surface area (Å²) in [6.45, 7) is 0. The third-order valence-corrected chi connectivity index (χ3v) is 3.82. The van der Waals surface area contributed by atoms with Crippen molar-refractivity contribution >= 4 is 34.3 Å². The van der Waals surface area contributed by atoms with Gasteiger partial charge >= 0.3 is 0 Å². The van der Waals surface area contributed by atoms with Gasteiger partial charge in [0.25, 0.3) is 0 Å². The molecule has 0 radical (unpaired) electrons. The highest BCUT2D eigenvalue weighted by atomic mass is 35.5. The summed E-state index contributed by atoms with van der Waals surface area (Å²) >= 11 is 12.1. The summed E-state index contributed by atoms with van der Waals surface area (Å²) in [5.74, 6) is 0.504. The van der Waals surface area contributed by atoms with E-state index in [0.29, 0.717) is 15.9 Å². The van der Waals surface area contributed by atoms with Crippen LogP contribution in [0.5, 0.6) is 0 Å².